The normalized spacial score (nSPS) is 25.5. The summed E-state index contributed by atoms with van der Waals surface area (Å²) in [5.41, 5.74) is 2.64. The van der Waals surface area contributed by atoms with Gasteiger partial charge in [-0.2, -0.15) is 0 Å². The molecule has 4 rings (SSSR count). The monoisotopic (exact) mass is 298 g/mol. The zero-order valence-electron chi connectivity index (χ0n) is 13.0. The van der Waals surface area contributed by atoms with Crippen LogP contribution in [0, 0.1) is 6.92 Å². The van der Waals surface area contributed by atoms with Crippen molar-refractivity contribution in [1.82, 2.24) is 10.2 Å². The fourth-order valence-electron chi connectivity index (χ4n) is 3.88. The highest BCUT2D eigenvalue weighted by Crippen LogP contribution is 2.23. The van der Waals surface area contributed by atoms with Gasteiger partial charge in [-0.3, -0.25) is 4.90 Å². The van der Waals surface area contributed by atoms with Gasteiger partial charge < -0.3 is 9.73 Å². The molecule has 2 aliphatic rings. The molecule has 2 saturated heterocycles. The number of hydrogen-bond donors (Lipinski definition) is 1. The Morgan fingerprint density at radius 3 is 3.00 bits per heavy atom. The van der Waals surface area contributed by atoms with Gasteiger partial charge >= 0.3 is 5.63 Å². The van der Waals surface area contributed by atoms with Gasteiger partial charge in [0.05, 0.1) is 0 Å². The predicted molar refractivity (Wildman–Crippen MR) is 87.1 cm³/mol. The molecule has 116 valence electrons. The lowest BCUT2D eigenvalue weighted by molar-refractivity contribution is 0.251. The molecule has 0 amide bonds. The van der Waals surface area contributed by atoms with Gasteiger partial charge in [-0.25, -0.2) is 4.79 Å². The van der Waals surface area contributed by atoms with Crippen LogP contribution in [0.2, 0.25) is 0 Å². The second-order valence-electron chi connectivity index (χ2n) is 6.74. The highest BCUT2D eigenvalue weighted by atomic mass is 16.4. The maximum absolute atomic E-state index is 11.6. The highest BCUT2D eigenvalue weighted by molar-refractivity contribution is 5.80. The number of aryl methyl sites for hydroxylation is 1. The van der Waals surface area contributed by atoms with Crippen LogP contribution in [0.5, 0.6) is 0 Å². The van der Waals surface area contributed by atoms with Crippen LogP contribution in [-0.4, -0.2) is 30.1 Å². The molecule has 0 saturated carbocycles. The number of nitrogens with one attached hydrogen (secondary N) is 1. The van der Waals surface area contributed by atoms with E-state index >= 15 is 0 Å². The van der Waals surface area contributed by atoms with Crippen molar-refractivity contribution in [1.29, 1.82) is 0 Å². The number of fused-ring (bicyclic) bond motifs is 3. The van der Waals surface area contributed by atoms with E-state index in [1.54, 1.807) is 6.07 Å². The number of rotatable bonds is 2. The van der Waals surface area contributed by atoms with E-state index < -0.39 is 0 Å². The first kappa shape index (κ1) is 14.0. The Kier molecular flexibility index (Phi) is 3.51. The predicted octanol–water partition coefficient (Wildman–Crippen LogP) is 2.43. The second-order valence-corrected chi connectivity index (χ2v) is 6.74. The first-order chi connectivity index (χ1) is 10.7. The summed E-state index contributed by atoms with van der Waals surface area (Å²) in [5, 5.41) is 4.74. The fourth-order valence-corrected chi connectivity index (χ4v) is 3.88. The van der Waals surface area contributed by atoms with Crippen LogP contribution in [0.1, 0.15) is 30.4 Å². The van der Waals surface area contributed by atoms with Crippen molar-refractivity contribution in [2.24, 2.45) is 0 Å². The van der Waals surface area contributed by atoms with Crippen LogP contribution < -0.4 is 10.9 Å². The van der Waals surface area contributed by atoms with Gasteiger partial charge in [-0.05, 0) is 43.4 Å². The molecule has 2 aromatic rings. The van der Waals surface area contributed by atoms with Crippen molar-refractivity contribution in [3.63, 3.8) is 0 Å². The van der Waals surface area contributed by atoms with Crippen molar-refractivity contribution in [2.75, 3.05) is 13.1 Å². The van der Waals surface area contributed by atoms with Gasteiger partial charge in [0.2, 0.25) is 0 Å². The van der Waals surface area contributed by atoms with Crippen LogP contribution >= 0.6 is 0 Å². The lowest BCUT2D eigenvalue weighted by Crippen LogP contribution is -2.34. The van der Waals surface area contributed by atoms with E-state index in [4.69, 9.17) is 4.42 Å². The molecule has 2 fully saturated rings. The van der Waals surface area contributed by atoms with Crippen LogP contribution in [0.4, 0.5) is 0 Å². The van der Waals surface area contributed by atoms with Crippen molar-refractivity contribution in [3.8, 4) is 0 Å². The minimum atomic E-state index is -0.265. The number of hydrogen-bond acceptors (Lipinski definition) is 4. The Labute approximate surface area is 130 Å². The lowest BCUT2D eigenvalue weighted by Gasteiger charge is -2.24. The SMILES string of the molecule is Cc1cc(=O)oc2cc(CN3CC[C@H]4CC[C@@H](C3)N4)ccc12. The van der Waals surface area contributed by atoms with E-state index in [0.29, 0.717) is 17.7 Å². The third-order valence-corrected chi connectivity index (χ3v) is 5.03. The maximum atomic E-state index is 11.6. The minimum Gasteiger partial charge on any atom is -0.423 e. The Morgan fingerprint density at radius 2 is 2.09 bits per heavy atom. The minimum absolute atomic E-state index is 0.265. The summed E-state index contributed by atoms with van der Waals surface area (Å²) in [5.74, 6) is 0. The molecular weight excluding hydrogens is 276 g/mol. The maximum Gasteiger partial charge on any atom is 0.336 e. The standard InChI is InChI=1S/C18H22N2O2/c1-12-8-18(21)22-17-9-13(2-5-16(12)17)10-20-7-6-14-3-4-15(11-20)19-14/h2,5,8-9,14-15,19H,3-4,6-7,10-11H2,1H3/t14-,15+/m1/s1. The highest BCUT2D eigenvalue weighted by Gasteiger charge is 2.29. The van der Waals surface area contributed by atoms with Gasteiger partial charge in [-0.15, -0.1) is 0 Å². The molecule has 2 aliphatic heterocycles. The van der Waals surface area contributed by atoms with E-state index in [1.807, 2.05) is 13.0 Å². The van der Waals surface area contributed by atoms with Gasteiger partial charge in [0, 0.05) is 43.2 Å². The van der Waals surface area contributed by atoms with Gasteiger partial charge in [-0.1, -0.05) is 12.1 Å². The molecule has 4 nitrogen and oxygen atoms in total. The first-order valence-electron chi connectivity index (χ1n) is 8.19. The van der Waals surface area contributed by atoms with E-state index in [0.717, 1.165) is 30.6 Å². The van der Waals surface area contributed by atoms with E-state index in [2.05, 4.69) is 22.3 Å². The smallest absolute Gasteiger partial charge is 0.336 e. The number of likely N-dealkylation sites (tertiary alicyclic amines) is 1. The average molecular weight is 298 g/mol. The molecule has 1 aromatic heterocycles. The summed E-state index contributed by atoms with van der Waals surface area (Å²) in [6.45, 7) is 5.14. The molecule has 1 N–H and O–H groups in total. The van der Waals surface area contributed by atoms with E-state index in [1.165, 1.54) is 24.8 Å². The van der Waals surface area contributed by atoms with Crippen LogP contribution in [0.3, 0.4) is 0 Å². The third kappa shape index (κ3) is 2.69. The van der Waals surface area contributed by atoms with Gasteiger partial charge in [0.15, 0.2) is 0 Å². The largest absolute Gasteiger partial charge is 0.423 e. The van der Waals surface area contributed by atoms with Crippen molar-refractivity contribution < 1.29 is 4.42 Å². The summed E-state index contributed by atoms with van der Waals surface area (Å²) in [6, 6.07) is 9.18. The van der Waals surface area contributed by atoms with Crippen LogP contribution in [0.25, 0.3) is 11.0 Å². The van der Waals surface area contributed by atoms with Gasteiger partial charge in [0.25, 0.3) is 0 Å². The molecule has 0 aliphatic carbocycles. The zero-order valence-corrected chi connectivity index (χ0v) is 13.0. The van der Waals surface area contributed by atoms with Crippen LogP contribution in [0.15, 0.2) is 33.5 Å². The molecule has 3 heterocycles. The quantitative estimate of drug-likeness (QED) is 0.865. The first-order valence-corrected chi connectivity index (χ1v) is 8.19. The molecule has 2 bridgehead atoms. The summed E-state index contributed by atoms with van der Waals surface area (Å²) in [7, 11) is 0. The Morgan fingerprint density at radius 1 is 1.23 bits per heavy atom. The number of nitrogens with zero attached hydrogens (tertiary/aromatic N) is 1. The van der Waals surface area contributed by atoms with E-state index in [9.17, 15) is 4.79 Å². The Hall–Kier alpha value is -1.65. The number of benzene rings is 1. The lowest BCUT2D eigenvalue weighted by atomic mass is 10.1. The average Bonchev–Trinajstić information content (AvgIpc) is 2.81. The molecule has 0 radical (unpaired) electrons. The fraction of sp³-hybridized carbons (Fsp3) is 0.500. The van der Waals surface area contributed by atoms with Crippen molar-refractivity contribution in [3.05, 3.63) is 45.8 Å². The second kappa shape index (κ2) is 5.52. The molecule has 2 atom stereocenters. The summed E-state index contributed by atoms with van der Waals surface area (Å²) in [6.07, 6.45) is 3.87. The molecule has 22 heavy (non-hydrogen) atoms. The molecule has 0 spiro atoms. The molecule has 4 heteroatoms. The summed E-state index contributed by atoms with van der Waals surface area (Å²) < 4.78 is 5.36. The third-order valence-electron chi connectivity index (χ3n) is 5.03. The molecule has 0 unspecified atom stereocenters. The van der Waals surface area contributed by atoms with Crippen LogP contribution in [-0.2, 0) is 6.54 Å². The Balaban J connectivity index is 1.57. The zero-order chi connectivity index (χ0) is 15.1. The van der Waals surface area contributed by atoms with E-state index in [-0.39, 0.29) is 5.63 Å². The van der Waals surface area contributed by atoms with Crippen molar-refractivity contribution in [2.45, 2.75) is 44.8 Å². The van der Waals surface area contributed by atoms with Gasteiger partial charge in [0.1, 0.15) is 5.58 Å². The molecule has 1 aromatic carbocycles. The Bertz CT molecular complexity index is 752. The van der Waals surface area contributed by atoms with Crippen molar-refractivity contribution >= 4 is 11.0 Å². The summed E-state index contributed by atoms with van der Waals surface area (Å²) >= 11 is 0. The molecular formula is C18H22N2O2. The topological polar surface area (TPSA) is 45.5 Å². The summed E-state index contributed by atoms with van der Waals surface area (Å²) in [4.78, 5) is 14.1.